The van der Waals surface area contributed by atoms with Gasteiger partial charge >= 0.3 is 0 Å². The van der Waals surface area contributed by atoms with Gasteiger partial charge in [0.05, 0.1) is 22.1 Å². The third kappa shape index (κ3) is 2.14. The summed E-state index contributed by atoms with van der Waals surface area (Å²) in [6, 6.07) is 8.45. The highest BCUT2D eigenvalue weighted by Gasteiger charge is 2.11. The van der Waals surface area contributed by atoms with Crippen molar-refractivity contribution in [3.63, 3.8) is 0 Å². The van der Waals surface area contributed by atoms with Gasteiger partial charge in [-0.05, 0) is 30.5 Å². The van der Waals surface area contributed by atoms with E-state index in [1.165, 1.54) is 14.6 Å². The zero-order valence-corrected chi connectivity index (χ0v) is 12.2. The fraction of sp³-hybridized carbons (Fsp3) is 0.154. The van der Waals surface area contributed by atoms with E-state index >= 15 is 0 Å². The van der Waals surface area contributed by atoms with Gasteiger partial charge in [-0.2, -0.15) is 0 Å². The van der Waals surface area contributed by atoms with E-state index in [1.54, 1.807) is 34.0 Å². The van der Waals surface area contributed by atoms with Gasteiger partial charge in [0, 0.05) is 9.75 Å². The van der Waals surface area contributed by atoms with Crippen LogP contribution in [0.4, 0.5) is 0 Å². The van der Waals surface area contributed by atoms with E-state index in [0.717, 1.165) is 15.6 Å². The average Bonchev–Trinajstić information content (AvgIpc) is 3.08. The summed E-state index contributed by atoms with van der Waals surface area (Å²) in [5.41, 5.74) is 0.934. The molecule has 0 saturated heterocycles. The summed E-state index contributed by atoms with van der Waals surface area (Å²) in [7, 11) is 0. The number of thiophene rings is 2. The molecule has 3 aromatic rings. The number of aliphatic hydroxyl groups is 1. The third-order valence-electron chi connectivity index (χ3n) is 2.62. The lowest BCUT2D eigenvalue weighted by Crippen LogP contribution is -1.80. The van der Waals surface area contributed by atoms with Gasteiger partial charge in [-0.25, -0.2) is 4.98 Å². The molecule has 5 heteroatoms. The summed E-state index contributed by atoms with van der Waals surface area (Å²) < 4.78 is 0. The monoisotopic (exact) mass is 293 g/mol. The number of aryl methyl sites for hydroxylation is 1. The van der Waals surface area contributed by atoms with Gasteiger partial charge in [-0.15, -0.1) is 34.0 Å². The highest BCUT2D eigenvalue weighted by atomic mass is 32.1. The van der Waals surface area contributed by atoms with Gasteiger partial charge < -0.3 is 5.11 Å². The number of hydrogen-bond donors (Lipinski definition) is 1. The van der Waals surface area contributed by atoms with Crippen LogP contribution in [0.15, 0.2) is 29.6 Å². The number of nitrogens with zero attached hydrogens (tertiary/aromatic N) is 1. The molecule has 0 bridgehead atoms. The van der Waals surface area contributed by atoms with Gasteiger partial charge in [0.25, 0.3) is 0 Å². The largest absolute Gasteiger partial charge is 0.391 e. The lowest BCUT2D eigenvalue weighted by Gasteiger charge is -1.89. The van der Waals surface area contributed by atoms with Crippen LogP contribution in [-0.4, -0.2) is 10.1 Å². The van der Waals surface area contributed by atoms with Crippen LogP contribution in [0.3, 0.4) is 0 Å². The Morgan fingerprint density at radius 1 is 1.11 bits per heavy atom. The van der Waals surface area contributed by atoms with E-state index in [2.05, 4.69) is 34.6 Å². The zero-order valence-electron chi connectivity index (χ0n) is 9.71. The zero-order chi connectivity index (χ0) is 12.5. The van der Waals surface area contributed by atoms with Crippen molar-refractivity contribution in [2.45, 2.75) is 13.5 Å². The Kier molecular flexibility index (Phi) is 3.30. The van der Waals surface area contributed by atoms with Crippen molar-refractivity contribution in [1.82, 2.24) is 4.98 Å². The molecule has 0 amide bonds. The second-order valence-electron chi connectivity index (χ2n) is 3.83. The van der Waals surface area contributed by atoms with Crippen molar-refractivity contribution in [2.24, 2.45) is 0 Å². The predicted octanol–water partition coefficient (Wildman–Crippen LogP) is 4.40. The molecular weight excluding hydrogens is 282 g/mol. The van der Waals surface area contributed by atoms with Crippen LogP contribution in [0.5, 0.6) is 0 Å². The summed E-state index contributed by atoms with van der Waals surface area (Å²) >= 11 is 5.08. The van der Waals surface area contributed by atoms with Crippen LogP contribution in [0.2, 0.25) is 0 Å². The van der Waals surface area contributed by atoms with E-state index < -0.39 is 0 Å². The fourth-order valence-corrected chi connectivity index (χ4v) is 4.50. The smallest absolute Gasteiger partial charge is 0.133 e. The quantitative estimate of drug-likeness (QED) is 0.776. The first kappa shape index (κ1) is 12.0. The minimum absolute atomic E-state index is 0.0760. The molecule has 2 nitrogen and oxygen atoms in total. The molecule has 0 saturated carbocycles. The summed E-state index contributed by atoms with van der Waals surface area (Å²) in [6.45, 7) is 2.02. The first-order valence-corrected chi connectivity index (χ1v) is 8.00. The molecule has 3 heterocycles. The highest BCUT2D eigenvalue weighted by Crippen LogP contribution is 2.38. The predicted molar refractivity (Wildman–Crippen MR) is 79.4 cm³/mol. The Morgan fingerprint density at radius 3 is 2.61 bits per heavy atom. The van der Waals surface area contributed by atoms with Gasteiger partial charge in [0.15, 0.2) is 0 Å². The molecule has 0 aliphatic rings. The lowest BCUT2D eigenvalue weighted by atomic mass is 10.4. The number of thiazole rings is 1. The van der Waals surface area contributed by atoms with Crippen LogP contribution < -0.4 is 0 Å². The van der Waals surface area contributed by atoms with Crippen LogP contribution in [0.25, 0.3) is 19.6 Å². The van der Waals surface area contributed by atoms with Crippen molar-refractivity contribution in [3.8, 4) is 19.6 Å². The SMILES string of the molecule is Cc1nc(-c2ccc(-c3cccs3)s2)sc1CO. The molecular formula is C13H11NOS3. The normalized spacial score (nSPS) is 11.0. The average molecular weight is 293 g/mol. The van der Waals surface area contributed by atoms with Crippen LogP contribution in [-0.2, 0) is 6.61 Å². The summed E-state index contributed by atoms with van der Waals surface area (Å²) in [5, 5.41) is 12.3. The molecule has 0 spiro atoms. The molecule has 3 aromatic heterocycles. The van der Waals surface area contributed by atoms with E-state index in [-0.39, 0.29) is 6.61 Å². The molecule has 0 aromatic carbocycles. The Bertz CT molecular complexity index is 652. The van der Waals surface area contributed by atoms with E-state index in [4.69, 9.17) is 0 Å². The Hall–Kier alpha value is -1.01. The number of rotatable bonds is 3. The summed E-state index contributed by atoms with van der Waals surface area (Å²) in [6.07, 6.45) is 0. The highest BCUT2D eigenvalue weighted by molar-refractivity contribution is 7.26. The molecule has 0 aliphatic heterocycles. The number of aliphatic hydroxyl groups excluding tert-OH is 1. The summed E-state index contributed by atoms with van der Waals surface area (Å²) in [4.78, 5) is 9.22. The standard InChI is InChI=1S/C13H11NOS3/c1-8-12(7-15)18-13(14-8)11-5-4-10(17-11)9-3-2-6-16-9/h2-6,15H,7H2,1H3. The van der Waals surface area contributed by atoms with Crippen LogP contribution >= 0.6 is 34.0 Å². The molecule has 18 heavy (non-hydrogen) atoms. The van der Waals surface area contributed by atoms with E-state index in [9.17, 15) is 5.11 Å². The first-order valence-electron chi connectivity index (χ1n) is 5.49. The molecule has 3 rings (SSSR count). The molecule has 0 aliphatic carbocycles. The Balaban J connectivity index is 1.97. The third-order valence-corrected chi connectivity index (χ3v) is 6.08. The fourth-order valence-electron chi connectivity index (χ4n) is 1.68. The second kappa shape index (κ2) is 4.93. The van der Waals surface area contributed by atoms with Crippen molar-refractivity contribution < 1.29 is 5.11 Å². The Morgan fingerprint density at radius 2 is 1.94 bits per heavy atom. The minimum Gasteiger partial charge on any atom is -0.391 e. The second-order valence-corrected chi connectivity index (χ2v) is 6.94. The van der Waals surface area contributed by atoms with E-state index in [0.29, 0.717) is 0 Å². The van der Waals surface area contributed by atoms with E-state index in [1.807, 2.05) is 6.92 Å². The van der Waals surface area contributed by atoms with Crippen LogP contribution in [0.1, 0.15) is 10.6 Å². The maximum absolute atomic E-state index is 9.21. The van der Waals surface area contributed by atoms with Crippen molar-refractivity contribution >= 4 is 34.0 Å². The van der Waals surface area contributed by atoms with Gasteiger partial charge in [-0.1, -0.05) is 6.07 Å². The number of hydrogen-bond acceptors (Lipinski definition) is 5. The van der Waals surface area contributed by atoms with Crippen molar-refractivity contribution in [1.29, 1.82) is 0 Å². The minimum atomic E-state index is 0.0760. The first-order chi connectivity index (χ1) is 8.78. The molecule has 0 atom stereocenters. The van der Waals surface area contributed by atoms with Crippen molar-refractivity contribution in [3.05, 3.63) is 40.2 Å². The topological polar surface area (TPSA) is 33.1 Å². The van der Waals surface area contributed by atoms with Crippen LogP contribution in [0, 0.1) is 6.92 Å². The van der Waals surface area contributed by atoms with Crippen molar-refractivity contribution in [2.75, 3.05) is 0 Å². The number of aromatic nitrogens is 1. The van der Waals surface area contributed by atoms with Gasteiger partial charge in [-0.3, -0.25) is 0 Å². The molecule has 0 unspecified atom stereocenters. The summed E-state index contributed by atoms with van der Waals surface area (Å²) in [5.74, 6) is 0. The molecule has 1 N–H and O–H groups in total. The Labute approximate surface area is 117 Å². The molecule has 92 valence electrons. The maximum atomic E-state index is 9.21. The molecule has 0 fully saturated rings. The lowest BCUT2D eigenvalue weighted by molar-refractivity contribution is 0.284. The maximum Gasteiger partial charge on any atom is 0.133 e. The molecule has 0 radical (unpaired) electrons. The van der Waals surface area contributed by atoms with Gasteiger partial charge in [0.2, 0.25) is 0 Å². The van der Waals surface area contributed by atoms with Gasteiger partial charge in [0.1, 0.15) is 5.01 Å².